The molecule has 3 heterocycles. The van der Waals surface area contributed by atoms with Crippen LogP contribution in [0.15, 0.2) is 16.9 Å². The van der Waals surface area contributed by atoms with Gasteiger partial charge in [0.1, 0.15) is 5.82 Å². The zero-order valence-corrected chi connectivity index (χ0v) is 14.5. The van der Waals surface area contributed by atoms with Crippen LogP contribution in [0.3, 0.4) is 0 Å². The molecule has 1 aromatic heterocycles. The van der Waals surface area contributed by atoms with Crippen LogP contribution in [0.1, 0.15) is 38.3 Å². The van der Waals surface area contributed by atoms with Gasteiger partial charge in [0.05, 0.1) is 11.1 Å². The maximum Gasteiger partial charge on any atom is 0.272 e. The SMILES string of the molecule is CC.CN1CCC(C2CNc3cc(F)cc4c(=O)[nH]nc2c34)CC1. The molecule has 6 heteroatoms. The Labute approximate surface area is 141 Å². The number of benzene rings is 1. The molecule has 5 nitrogen and oxygen atoms in total. The van der Waals surface area contributed by atoms with Crippen LogP contribution >= 0.6 is 0 Å². The summed E-state index contributed by atoms with van der Waals surface area (Å²) in [6, 6.07) is 2.76. The molecule has 1 saturated heterocycles. The number of likely N-dealkylation sites (tertiary alicyclic amines) is 1. The number of hydrogen-bond donors (Lipinski definition) is 2. The molecule has 0 aliphatic carbocycles. The summed E-state index contributed by atoms with van der Waals surface area (Å²) in [5.41, 5.74) is 1.27. The van der Waals surface area contributed by atoms with Crippen molar-refractivity contribution in [2.24, 2.45) is 5.92 Å². The van der Waals surface area contributed by atoms with Crippen molar-refractivity contribution in [1.29, 1.82) is 0 Å². The fraction of sp³-hybridized carbons (Fsp3) is 0.556. The molecule has 0 spiro atoms. The largest absolute Gasteiger partial charge is 0.384 e. The van der Waals surface area contributed by atoms with E-state index in [9.17, 15) is 9.18 Å². The van der Waals surface area contributed by atoms with E-state index in [-0.39, 0.29) is 11.5 Å². The molecule has 130 valence electrons. The minimum Gasteiger partial charge on any atom is -0.384 e. The van der Waals surface area contributed by atoms with Crippen molar-refractivity contribution in [3.8, 4) is 0 Å². The van der Waals surface area contributed by atoms with Crippen molar-refractivity contribution < 1.29 is 4.39 Å². The molecule has 2 aliphatic rings. The second-order valence-corrected chi connectivity index (χ2v) is 6.44. The summed E-state index contributed by atoms with van der Waals surface area (Å²) in [6.45, 7) is 6.92. The van der Waals surface area contributed by atoms with Crippen molar-refractivity contribution in [1.82, 2.24) is 15.1 Å². The molecule has 2 N–H and O–H groups in total. The predicted octanol–water partition coefficient (Wildman–Crippen LogP) is 2.94. The van der Waals surface area contributed by atoms with Gasteiger partial charge in [-0.05, 0) is 51.0 Å². The van der Waals surface area contributed by atoms with Crippen LogP contribution in [0.2, 0.25) is 0 Å². The van der Waals surface area contributed by atoms with Crippen molar-refractivity contribution in [2.75, 3.05) is 32.0 Å². The molecule has 4 rings (SSSR count). The Morgan fingerprint density at radius 1 is 1.25 bits per heavy atom. The summed E-state index contributed by atoms with van der Waals surface area (Å²) < 4.78 is 13.7. The minimum absolute atomic E-state index is 0.269. The molecular weight excluding hydrogens is 307 g/mol. The highest BCUT2D eigenvalue weighted by atomic mass is 19.1. The lowest BCUT2D eigenvalue weighted by molar-refractivity contribution is 0.199. The second-order valence-electron chi connectivity index (χ2n) is 6.44. The van der Waals surface area contributed by atoms with Gasteiger partial charge < -0.3 is 10.2 Å². The highest BCUT2D eigenvalue weighted by Gasteiger charge is 2.32. The van der Waals surface area contributed by atoms with Gasteiger partial charge in [0.25, 0.3) is 5.56 Å². The molecule has 1 atom stereocenters. The maximum atomic E-state index is 13.7. The van der Waals surface area contributed by atoms with Gasteiger partial charge in [-0.1, -0.05) is 13.8 Å². The maximum absolute atomic E-state index is 13.7. The van der Waals surface area contributed by atoms with Crippen LogP contribution in [-0.4, -0.2) is 41.8 Å². The number of H-pyrrole nitrogens is 1. The lowest BCUT2D eigenvalue weighted by Gasteiger charge is -2.36. The highest BCUT2D eigenvalue weighted by Crippen LogP contribution is 2.40. The number of halogens is 1. The summed E-state index contributed by atoms with van der Waals surface area (Å²) in [4.78, 5) is 14.3. The molecule has 1 aromatic carbocycles. The van der Waals surface area contributed by atoms with Gasteiger partial charge in [0, 0.05) is 23.5 Å². The van der Waals surface area contributed by atoms with Gasteiger partial charge in [-0.15, -0.1) is 0 Å². The fourth-order valence-corrected chi connectivity index (χ4v) is 3.83. The standard InChI is InChI=1S/C16H19FN4O.C2H6/c1-21-4-2-9(3-5-21)12-8-18-13-7-10(17)6-11-14(13)15(12)19-20-16(11)22;1-2/h6-7,9,12,18H,2-5,8H2,1H3,(H,20,22);1-2H3. The van der Waals surface area contributed by atoms with Crippen LogP contribution in [0, 0.1) is 11.7 Å². The summed E-state index contributed by atoms with van der Waals surface area (Å²) in [7, 11) is 2.14. The number of nitrogens with zero attached hydrogens (tertiary/aromatic N) is 2. The zero-order valence-electron chi connectivity index (χ0n) is 14.5. The van der Waals surface area contributed by atoms with E-state index in [1.165, 1.54) is 12.1 Å². The van der Waals surface area contributed by atoms with Crippen LogP contribution in [0.5, 0.6) is 0 Å². The number of rotatable bonds is 1. The Hall–Kier alpha value is -1.95. The summed E-state index contributed by atoms with van der Waals surface area (Å²) in [5, 5.41) is 11.4. The Morgan fingerprint density at radius 2 is 1.96 bits per heavy atom. The molecule has 24 heavy (non-hydrogen) atoms. The number of anilines is 1. The van der Waals surface area contributed by atoms with Gasteiger partial charge in [0.15, 0.2) is 0 Å². The first kappa shape index (κ1) is 16.9. The Morgan fingerprint density at radius 3 is 2.67 bits per heavy atom. The first-order valence-electron chi connectivity index (χ1n) is 8.77. The lowest BCUT2D eigenvalue weighted by Crippen LogP contribution is -2.36. The third-order valence-electron chi connectivity index (χ3n) is 5.08. The molecular formula is C18H25FN4O. The Balaban J connectivity index is 0.000000815. The molecule has 0 radical (unpaired) electrons. The quantitative estimate of drug-likeness (QED) is 0.843. The number of piperidine rings is 1. The summed E-state index contributed by atoms with van der Waals surface area (Å²) in [6.07, 6.45) is 2.25. The summed E-state index contributed by atoms with van der Waals surface area (Å²) >= 11 is 0. The molecule has 0 amide bonds. The number of aromatic amines is 1. The molecule has 1 unspecified atom stereocenters. The minimum atomic E-state index is -0.393. The smallest absolute Gasteiger partial charge is 0.272 e. The van der Waals surface area contributed by atoms with E-state index in [2.05, 4.69) is 27.5 Å². The van der Waals surface area contributed by atoms with E-state index in [0.717, 1.165) is 43.6 Å². The molecule has 1 fully saturated rings. The number of hydrogen-bond acceptors (Lipinski definition) is 4. The van der Waals surface area contributed by atoms with Crippen molar-refractivity contribution in [3.63, 3.8) is 0 Å². The average molecular weight is 332 g/mol. The van der Waals surface area contributed by atoms with Crippen LogP contribution < -0.4 is 10.9 Å². The van der Waals surface area contributed by atoms with E-state index in [0.29, 0.717) is 17.0 Å². The van der Waals surface area contributed by atoms with E-state index in [1.54, 1.807) is 0 Å². The van der Waals surface area contributed by atoms with Crippen LogP contribution in [0.4, 0.5) is 10.1 Å². The number of aromatic nitrogens is 2. The lowest BCUT2D eigenvalue weighted by atomic mass is 9.79. The fourth-order valence-electron chi connectivity index (χ4n) is 3.83. The first-order valence-corrected chi connectivity index (χ1v) is 8.77. The normalized spacial score (nSPS) is 21.1. The highest BCUT2D eigenvalue weighted by molar-refractivity contribution is 5.96. The second kappa shape index (κ2) is 6.89. The van der Waals surface area contributed by atoms with Crippen molar-refractivity contribution in [2.45, 2.75) is 32.6 Å². The third kappa shape index (κ3) is 2.90. The number of nitrogens with one attached hydrogen (secondary N) is 2. The monoisotopic (exact) mass is 332 g/mol. The van der Waals surface area contributed by atoms with Crippen LogP contribution in [0.25, 0.3) is 10.8 Å². The van der Waals surface area contributed by atoms with E-state index < -0.39 is 5.82 Å². The predicted molar refractivity (Wildman–Crippen MR) is 95.1 cm³/mol. The van der Waals surface area contributed by atoms with E-state index >= 15 is 0 Å². The van der Waals surface area contributed by atoms with Crippen molar-refractivity contribution >= 4 is 16.5 Å². The Bertz CT molecular complexity index is 780. The molecule has 2 aromatic rings. The molecule has 0 bridgehead atoms. The van der Waals surface area contributed by atoms with Crippen molar-refractivity contribution in [3.05, 3.63) is 34.0 Å². The first-order chi connectivity index (χ1) is 11.6. The van der Waals surface area contributed by atoms with Gasteiger partial charge in [-0.2, -0.15) is 5.10 Å². The Kier molecular flexibility index (Phi) is 4.85. The van der Waals surface area contributed by atoms with E-state index in [1.807, 2.05) is 13.8 Å². The van der Waals surface area contributed by atoms with Gasteiger partial charge in [-0.25, -0.2) is 9.49 Å². The van der Waals surface area contributed by atoms with Gasteiger partial charge in [-0.3, -0.25) is 4.79 Å². The van der Waals surface area contributed by atoms with Gasteiger partial charge >= 0.3 is 0 Å². The van der Waals surface area contributed by atoms with Crippen LogP contribution in [-0.2, 0) is 0 Å². The summed E-state index contributed by atoms with van der Waals surface area (Å²) in [5.74, 6) is 0.421. The third-order valence-corrected chi connectivity index (χ3v) is 5.08. The van der Waals surface area contributed by atoms with E-state index in [4.69, 9.17) is 0 Å². The average Bonchev–Trinajstić information content (AvgIpc) is 2.60. The van der Waals surface area contributed by atoms with Gasteiger partial charge in [0.2, 0.25) is 0 Å². The molecule has 0 saturated carbocycles. The zero-order chi connectivity index (χ0) is 17.3. The topological polar surface area (TPSA) is 61.0 Å². The molecule has 2 aliphatic heterocycles.